The highest BCUT2D eigenvalue weighted by Crippen LogP contribution is 2.24. The molecule has 2 rings (SSSR count). The lowest BCUT2D eigenvalue weighted by Gasteiger charge is -2.31. The molecular formula is C16H29N3O2. The Morgan fingerprint density at radius 2 is 1.90 bits per heavy atom. The Labute approximate surface area is 127 Å². The molecule has 0 radical (unpaired) electrons. The largest absolute Gasteiger partial charge is 0.353 e. The second kappa shape index (κ2) is 7.78. The Hall–Kier alpha value is -1.10. The Kier molecular flexibility index (Phi) is 6.03. The van der Waals surface area contributed by atoms with E-state index in [9.17, 15) is 9.59 Å². The molecular weight excluding hydrogens is 266 g/mol. The van der Waals surface area contributed by atoms with Gasteiger partial charge in [-0.1, -0.05) is 12.8 Å². The van der Waals surface area contributed by atoms with E-state index in [0.717, 1.165) is 45.1 Å². The quantitative estimate of drug-likeness (QED) is 0.716. The fraction of sp³-hybridized carbons (Fsp3) is 0.875. The van der Waals surface area contributed by atoms with Gasteiger partial charge in [-0.25, -0.2) is 0 Å². The molecule has 0 spiro atoms. The third-order valence-corrected chi connectivity index (χ3v) is 4.71. The van der Waals surface area contributed by atoms with Crippen molar-refractivity contribution in [3.8, 4) is 0 Å². The predicted molar refractivity (Wildman–Crippen MR) is 82.8 cm³/mol. The average Bonchev–Trinajstić information content (AvgIpc) is 2.95. The van der Waals surface area contributed by atoms with Crippen LogP contribution in [0.3, 0.4) is 0 Å². The highest BCUT2D eigenvalue weighted by molar-refractivity contribution is 5.81. The molecule has 1 aliphatic carbocycles. The molecule has 1 aliphatic heterocycles. The third kappa shape index (κ3) is 4.99. The molecule has 120 valence electrons. The summed E-state index contributed by atoms with van der Waals surface area (Å²) in [4.78, 5) is 24.1. The van der Waals surface area contributed by atoms with Gasteiger partial charge in [0.15, 0.2) is 0 Å². The monoisotopic (exact) mass is 295 g/mol. The van der Waals surface area contributed by atoms with Crippen LogP contribution in [0.15, 0.2) is 0 Å². The van der Waals surface area contributed by atoms with Crippen molar-refractivity contribution in [2.75, 3.05) is 6.54 Å². The smallest absolute Gasteiger partial charge is 0.223 e. The Morgan fingerprint density at radius 3 is 2.57 bits per heavy atom. The molecule has 1 saturated carbocycles. The van der Waals surface area contributed by atoms with Crippen molar-refractivity contribution in [2.45, 2.75) is 76.9 Å². The van der Waals surface area contributed by atoms with Crippen molar-refractivity contribution in [2.24, 2.45) is 5.92 Å². The van der Waals surface area contributed by atoms with Crippen LogP contribution >= 0.6 is 0 Å². The van der Waals surface area contributed by atoms with Crippen molar-refractivity contribution < 1.29 is 9.59 Å². The zero-order valence-corrected chi connectivity index (χ0v) is 13.3. The molecule has 0 aromatic rings. The van der Waals surface area contributed by atoms with E-state index in [0.29, 0.717) is 12.5 Å². The normalized spacial score (nSPS) is 28.1. The topological polar surface area (TPSA) is 70.2 Å². The van der Waals surface area contributed by atoms with Crippen molar-refractivity contribution in [1.29, 1.82) is 0 Å². The summed E-state index contributed by atoms with van der Waals surface area (Å²) in [6.45, 7) is 5.05. The van der Waals surface area contributed by atoms with Gasteiger partial charge < -0.3 is 16.0 Å². The lowest BCUT2D eigenvalue weighted by molar-refractivity contribution is -0.126. The SMILES string of the molecule is CC(CC(=O)NC1CCCNC1C)NC(=O)C1CCCC1. The molecule has 21 heavy (non-hydrogen) atoms. The van der Waals surface area contributed by atoms with E-state index in [1.54, 1.807) is 0 Å². The summed E-state index contributed by atoms with van der Waals surface area (Å²) in [5, 5.41) is 9.45. The maximum atomic E-state index is 12.1. The van der Waals surface area contributed by atoms with Crippen molar-refractivity contribution >= 4 is 11.8 Å². The molecule has 3 unspecified atom stereocenters. The van der Waals surface area contributed by atoms with Crippen LogP contribution in [0.1, 0.15) is 58.8 Å². The first kappa shape index (κ1) is 16.3. The standard InChI is InChI=1S/C16H29N3O2/c1-11(18-16(21)13-6-3-4-7-13)10-15(20)19-14-8-5-9-17-12(14)2/h11-14,17H,3-10H2,1-2H3,(H,18,21)(H,19,20). The predicted octanol–water partition coefficient (Wildman–Crippen LogP) is 1.33. The van der Waals surface area contributed by atoms with E-state index in [1.807, 2.05) is 6.92 Å². The molecule has 5 heteroatoms. The fourth-order valence-electron chi connectivity index (χ4n) is 3.38. The first-order chi connectivity index (χ1) is 10.1. The summed E-state index contributed by atoms with van der Waals surface area (Å²) in [6.07, 6.45) is 6.79. The van der Waals surface area contributed by atoms with Crippen molar-refractivity contribution in [3.05, 3.63) is 0 Å². The van der Waals surface area contributed by atoms with Crippen LogP contribution in [0.5, 0.6) is 0 Å². The van der Waals surface area contributed by atoms with Gasteiger partial charge in [0.1, 0.15) is 0 Å². The molecule has 3 atom stereocenters. The van der Waals surface area contributed by atoms with Crippen LogP contribution in [-0.4, -0.2) is 36.5 Å². The third-order valence-electron chi connectivity index (χ3n) is 4.71. The average molecular weight is 295 g/mol. The number of nitrogens with one attached hydrogen (secondary N) is 3. The lowest BCUT2D eigenvalue weighted by atomic mass is 9.99. The molecule has 0 aromatic heterocycles. The Bertz CT molecular complexity index is 367. The zero-order chi connectivity index (χ0) is 15.2. The highest BCUT2D eigenvalue weighted by atomic mass is 16.2. The van der Waals surface area contributed by atoms with Gasteiger partial charge in [0, 0.05) is 30.5 Å². The van der Waals surface area contributed by atoms with Crippen molar-refractivity contribution in [3.63, 3.8) is 0 Å². The van der Waals surface area contributed by atoms with Crippen LogP contribution in [0.2, 0.25) is 0 Å². The van der Waals surface area contributed by atoms with Gasteiger partial charge in [-0.05, 0) is 46.1 Å². The van der Waals surface area contributed by atoms with Gasteiger partial charge in [-0.3, -0.25) is 9.59 Å². The molecule has 2 aliphatic rings. The maximum Gasteiger partial charge on any atom is 0.223 e. The van der Waals surface area contributed by atoms with Gasteiger partial charge in [-0.15, -0.1) is 0 Å². The van der Waals surface area contributed by atoms with Gasteiger partial charge in [0.2, 0.25) is 11.8 Å². The Morgan fingerprint density at radius 1 is 1.19 bits per heavy atom. The maximum absolute atomic E-state index is 12.1. The summed E-state index contributed by atoms with van der Waals surface area (Å²) in [5.41, 5.74) is 0. The summed E-state index contributed by atoms with van der Waals surface area (Å²) in [7, 11) is 0. The number of hydrogen-bond donors (Lipinski definition) is 3. The number of piperidine rings is 1. The summed E-state index contributed by atoms with van der Waals surface area (Å²) in [6, 6.07) is 0.444. The number of amides is 2. The second-order valence-electron chi connectivity index (χ2n) is 6.65. The minimum absolute atomic E-state index is 0.0368. The number of rotatable bonds is 5. The molecule has 1 heterocycles. The molecule has 0 bridgehead atoms. The van der Waals surface area contributed by atoms with E-state index in [1.165, 1.54) is 0 Å². The molecule has 0 aromatic carbocycles. The van der Waals surface area contributed by atoms with Crippen LogP contribution in [0, 0.1) is 5.92 Å². The van der Waals surface area contributed by atoms with Gasteiger partial charge in [-0.2, -0.15) is 0 Å². The number of carbonyl (C=O) groups is 2. The molecule has 5 nitrogen and oxygen atoms in total. The lowest BCUT2D eigenvalue weighted by Crippen LogP contribution is -2.52. The van der Waals surface area contributed by atoms with E-state index in [4.69, 9.17) is 0 Å². The molecule has 3 N–H and O–H groups in total. The van der Waals surface area contributed by atoms with Crippen LogP contribution in [-0.2, 0) is 9.59 Å². The molecule has 2 amide bonds. The van der Waals surface area contributed by atoms with Crippen LogP contribution < -0.4 is 16.0 Å². The minimum Gasteiger partial charge on any atom is -0.353 e. The minimum atomic E-state index is -0.0926. The first-order valence-corrected chi connectivity index (χ1v) is 8.39. The van der Waals surface area contributed by atoms with Gasteiger partial charge in [0.05, 0.1) is 0 Å². The first-order valence-electron chi connectivity index (χ1n) is 8.39. The van der Waals surface area contributed by atoms with E-state index < -0.39 is 0 Å². The van der Waals surface area contributed by atoms with Gasteiger partial charge >= 0.3 is 0 Å². The van der Waals surface area contributed by atoms with E-state index >= 15 is 0 Å². The van der Waals surface area contributed by atoms with Gasteiger partial charge in [0.25, 0.3) is 0 Å². The number of hydrogen-bond acceptors (Lipinski definition) is 3. The Balaban J connectivity index is 1.70. The zero-order valence-electron chi connectivity index (χ0n) is 13.3. The summed E-state index contributed by atoms with van der Waals surface area (Å²) in [5.74, 6) is 0.327. The second-order valence-corrected chi connectivity index (χ2v) is 6.65. The molecule has 1 saturated heterocycles. The summed E-state index contributed by atoms with van der Waals surface area (Å²) >= 11 is 0. The van der Waals surface area contributed by atoms with Crippen LogP contribution in [0.25, 0.3) is 0 Å². The van der Waals surface area contributed by atoms with Crippen molar-refractivity contribution in [1.82, 2.24) is 16.0 Å². The van der Waals surface area contributed by atoms with E-state index in [-0.39, 0.29) is 29.8 Å². The fourth-order valence-corrected chi connectivity index (χ4v) is 3.38. The van der Waals surface area contributed by atoms with Crippen LogP contribution in [0.4, 0.5) is 0 Å². The highest BCUT2D eigenvalue weighted by Gasteiger charge is 2.25. The van der Waals surface area contributed by atoms with E-state index in [2.05, 4.69) is 22.9 Å². The number of carbonyl (C=O) groups excluding carboxylic acids is 2. The molecule has 2 fully saturated rings. The summed E-state index contributed by atoms with van der Waals surface area (Å²) < 4.78 is 0.